The van der Waals surface area contributed by atoms with Crippen molar-refractivity contribution in [2.45, 2.75) is 25.4 Å². The van der Waals surface area contributed by atoms with Crippen molar-refractivity contribution in [3.63, 3.8) is 0 Å². The van der Waals surface area contributed by atoms with E-state index >= 15 is 0 Å². The molecular weight excluding hydrogens is 264 g/mol. The van der Waals surface area contributed by atoms with E-state index in [4.69, 9.17) is 9.52 Å². The van der Waals surface area contributed by atoms with Crippen LogP contribution in [0.3, 0.4) is 0 Å². The number of aromatic carboxylic acids is 1. The lowest BCUT2D eigenvalue weighted by atomic mass is 10.1. The van der Waals surface area contributed by atoms with Gasteiger partial charge in [0, 0.05) is 5.92 Å². The molecule has 0 saturated heterocycles. The van der Waals surface area contributed by atoms with Crippen LogP contribution < -0.4 is 0 Å². The summed E-state index contributed by atoms with van der Waals surface area (Å²) in [5.41, 5.74) is 0.134. The van der Waals surface area contributed by atoms with Gasteiger partial charge in [-0.1, -0.05) is 6.92 Å². The molecular formula is C14H14O4S. The predicted molar refractivity (Wildman–Crippen MR) is 70.6 cm³/mol. The Bertz CT molecular complexity index is 612. The molecule has 2 N–H and O–H groups in total. The molecule has 2 aromatic heterocycles. The van der Waals surface area contributed by atoms with Crippen molar-refractivity contribution in [2.24, 2.45) is 5.92 Å². The lowest BCUT2D eigenvalue weighted by Crippen LogP contribution is -2.03. The van der Waals surface area contributed by atoms with Gasteiger partial charge in [-0.3, -0.25) is 0 Å². The summed E-state index contributed by atoms with van der Waals surface area (Å²) in [6.07, 6.45) is 0.108. The van der Waals surface area contributed by atoms with Gasteiger partial charge in [-0.2, -0.15) is 0 Å². The van der Waals surface area contributed by atoms with E-state index in [-0.39, 0.29) is 5.56 Å². The van der Waals surface area contributed by atoms with E-state index in [0.29, 0.717) is 22.5 Å². The van der Waals surface area contributed by atoms with Crippen LogP contribution in [-0.4, -0.2) is 16.2 Å². The number of thiophene rings is 1. The first kappa shape index (κ1) is 12.4. The van der Waals surface area contributed by atoms with Gasteiger partial charge in [-0.25, -0.2) is 4.79 Å². The predicted octanol–water partition coefficient (Wildman–Crippen LogP) is 3.24. The maximum Gasteiger partial charge on any atom is 0.336 e. The van der Waals surface area contributed by atoms with Crippen molar-refractivity contribution < 1.29 is 19.4 Å². The van der Waals surface area contributed by atoms with E-state index in [1.807, 2.05) is 6.07 Å². The Morgan fingerprint density at radius 3 is 2.84 bits per heavy atom. The minimum absolute atomic E-state index is 0.134. The lowest BCUT2D eigenvalue weighted by molar-refractivity contribution is 0.0691. The van der Waals surface area contributed by atoms with Crippen molar-refractivity contribution in [1.82, 2.24) is 0 Å². The summed E-state index contributed by atoms with van der Waals surface area (Å²) >= 11 is 1.22. The Labute approximate surface area is 114 Å². The van der Waals surface area contributed by atoms with Crippen LogP contribution in [0.5, 0.6) is 0 Å². The molecule has 0 amide bonds. The van der Waals surface area contributed by atoms with E-state index in [9.17, 15) is 9.90 Å². The fourth-order valence-electron chi connectivity index (χ4n) is 2.27. The summed E-state index contributed by atoms with van der Waals surface area (Å²) < 4.78 is 5.66. The second-order valence-corrected chi connectivity index (χ2v) is 5.91. The first-order chi connectivity index (χ1) is 9.08. The second kappa shape index (κ2) is 4.51. The number of aliphatic hydroxyl groups is 1. The number of carbonyl (C=O) groups is 1. The van der Waals surface area contributed by atoms with Gasteiger partial charge >= 0.3 is 5.97 Å². The van der Waals surface area contributed by atoms with Gasteiger partial charge in [0.15, 0.2) is 0 Å². The summed E-state index contributed by atoms with van der Waals surface area (Å²) in [6.45, 7) is 2.16. The average Bonchev–Trinajstić information content (AvgIpc) is 2.90. The van der Waals surface area contributed by atoms with Gasteiger partial charge in [-0.05, 0) is 35.9 Å². The Balaban J connectivity index is 1.87. The third-order valence-electron chi connectivity index (χ3n) is 3.57. The van der Waals surface area contributed by atoms with Crippen molar-refractivity contribution in [2.75, 3.05) is 0 Å². The molecule has 3 atom stereocenters. The van der Waals surface area contributed by atoms with Crippen molar-refractivity contribution in [3.05, 3.63) is 45.5 Å². The summed E-state index contributed by atoms with van der Waals surface area (Å²) in [6, 6.07) is 5.11. The van der Waals surface area contributed by atoms with Gasteiger partial charge in [0.05, 0.1) is 10.4 Å². The Morgan fingerprint density at radius 1 is 1.47 bits per heavy atom. The summed E-state index contributed by atoms with van der Waals surface area (Å²) in [4.78, 5) is 11.5. The summed E-state index contributed by atoms with van der Waals surface area (Å²) in [7, 11) is 0. The number of rotatable bonds is 4. The van der Waals surface area contributed by atoms with E-state index in [2.05, 4.69) is 6.92 Å². The van der Waals surface area contributed by atoms with Crippen molar-refractivity contribution in [3.8, 4) is 0 Å². The molecule has 2 heterocycles. The molecule has 1 aliphatic carbocycles. The van der Waals surface area contributed by atoms with E-state index < -0.39 is 12.1 Å². The molecule has 0 aliphatic heterocycles. The van der Waals surface area contributed by atoms with E-state index in [1.54, 1.807) is 11.4 Å². The third kappa shape index (κ3) is 2.19. The zero-order valence-electron chi connectivity index (χ0n) is 10.4. The SMILES string of the molecule is CC1CC1c1ccc(C(O)c2sccc2C(=O)O)o1. The minimum atomic E-state index is -1.03. The van der Waals surface area contributed by atoms with Gasteiger partial charge in [0.25, 0.3) is 0 Å². The molecule has 19 heavy (non-hydrogen) atoms. The van der Waals surface area contributed by atoms with E-state index in [1.165, 1.54) is 17.4 Å². The fourth-order valence-corrected chi connectivity index (χ4v) is 3.15. The highest BCUT2D eigenvalue weighted by molar-refractivity contribution is 7.10. The Kier molecular flexibility index (Phi) is 2.95. The molecule has 1 saturated carbocycles. The van der Waals surface area contributed by atoms with Crippen LogP contribution in [0.15, 0.2) is 28.0 Å². The first-order valence-corrected chi connectivity index (χ1v) is 7.04. The number of hydrogen-bond acceptors (Lipinski definition) is 4. The first-order valence-electron chi connectivity index (χ1n) is 6.16. The highest BCUT2D eigenvalue weighted by Gasteiger charge is 2.37. The third-order valence-corrected chi connectivity index (χ3v) is 4.54. The van der Waals surface area contributed by atoms with Crippen molar-refractivity contribution in [1.29, 1.82) is 0 Å². The summed E-state index contributed by atoms with van der Waals surface area (Å²) in [5.74, 6) is 1.35. The molecule has 3 rings (SSSR count). The number of carboxylic acid groups (broad SMARTS) is 1. The molecule has 1 aliphatic rings. The zero-order valence-corrected chi connectivity index (χ0v) is 11.2. The largest absolute Gasteiger partial charge is 0.478 e. The van der Waals surface area contributed by atoms with Gasteiger partial charge in [-0.15, -0.1) is 11.3 Å². The normalized spacial score (nSPS) is 23.3. The van der Waals surface area contributed by atoms with Gasteiger partial charge in [0.2, 0.25) is 0 Å². The van der Waals surface area contributed by atoms with E-state index in [0.717, 1.165) is 12.2 Å². The van der Waals surface area contributed by atoms with Crippen LogP contribution in [0.25, 0.3) is 0 Å². The molecule has 0 aromatic carbocycles. The van der Waals surface area contributed by atoms with Crippen LogP contribution in [0.1, 0.15) is 52.1 Å². The number of carboxylic acids is 1. The highest BCUT2D eigenvalue weighted by atomic mass is 32.1. The number of furan rings is 1. The molecule has 0 radical (unpaired) electrons. The monoisotopic (exact) mass is 278 g/mol. The number of aliphatic hydroxyl groups excluding tert-OH is 1. The smallest absolute Gasteiger partial charge is 0.336 e. The molecule has 0 bridgehead atoms. The lowest BCUT2D eigenvalue weighted by Gasteiger charge is -2.06. The average molecular weight is 278 g/mol. The topological polar surface area (TPSA) is 70.7 Å². The highest BCUT2D eigenvalue weighted by Crippen LogP contribution is 2.48. The molecule has 100 valence electrons. The molecule has 4 nitrogen and oxygen atoms in total. The van der Waals surface area contributed by atoms with Crippen molar-refractivity contribution >= 4 is 17.3 Å². The van der Waals surface area contributed by atoms with Crippen LogP contribution >= 0.6 is 11.3 Å². The molecule has 1 fully saturated rings. The van der Waals surface area contributed by atoms with Crippen LogP contribution in [0.2, 0.25) is 0 Å². The molecule has 5 heteroatoms. The quantitative estimate of drug-likeness (QED) is 0.900. The zero-order chi connectivity index (χ0) is 13.6. The second-order valence-electron chi connectivity index (χ2n) is 4.97. The molecule has 2 aromatic rings. The maximum absolute atomic E-state index is 11.1. The minimum Gasteiger partial charge on any atom is -0.478 e. The summed E-state index contributed by atoms with van der Waals surface area (Å²) in [5, 5.41) is 21.0. The van der Waals surface area contributed by atoms with Gasteiger partial charge in [0.1, 0.15) is 17.6 Å². The Morgan fingerprint density at radius 2 is 2.21 bits per heavy atom. The molecule has 0 spiro atoms. The van der Waals surface area contributed by atoms with Gasteiger partial charge < -0.3 is 14.6 Å². The standard InChI is InChI=1S/C14H14O4S/c1-7-6-9(7)10-2-3-11(18-10)12(15)13-8(14(16)17)4-5-19-13/h2-5,7,9,12,15H,6H2,1H3,(H,16,17). The van der Waals surface area contributed by atoms with Crippen LogP contribution in [0.4, 0.5) is 0 Å². The van der Waals surface area contributed by atoms with Crippen LogP contribution in [0, 0.1) is 5.92 Å². The fraction of sp³-hybridized carbons (Fsp3) is 0.357. The number of hydrogen-bond donors (Lipinski definition) is 2. The van der Waals surface area contributed by atoms with Crippen LogP contribution in [-0.2, 0) is 0 Å². The molecule has 3 unspecified atom stereocenters. The Hall–Kier alpha value is -1.59. The maximum atomic E-state index is 11.1.